The number of aromatic nitrogens is 1. The van der Waals surface area contributed by atoms with Gasteiger partial charge in [-0.3, -0.25) is 4.42 Å². The molecule has 0 bridgehead atoms. The zero-order chi connectivity index (χ0) is 14.1. The Hall–Kier alpha value is -1.71. The quantitative estimate of drug-likeness (QED) is 0.825. The van der Waals surface area contributed by atoms with Crippen LogP contribution in [0.15, 0.2) is 54.3 Å². The number of nitrogens with one attached hydrogen (secondary N) is 1. The second-order valence-electron chi connectivity index (χ2n) is 4.67. The number of fused-ring (bicyclic) bond motifs is 1. The van der Waals surface area contributed by atoms with Crippen molar-refractivity contribution in [2.24, 2.45) is 0 Å². The third-order valence-corrected chi connectivity index (χ3v) is 3.76. The Morgan fingerprint density at radius 3 is 2.95 bits per heavy atom. The maximum atomic E-state index is 6.17. The molecule has 1 unspecified atom stereocenters. The molecular formula is C15H13Cl2N3. The summed E-state index contributed by atoms with van der Waals surface area (Å²) in [5.41, 5.74) is 1.94. The van der Waals surface area contributed by atoms with Crippen LogP contribution in [-0.4, -0.2) is 15.6 Å². The van der Waals surface area contributed by atoms with Crippen LogP contribution < -0.4 is 5.32 Å². The second kappa shape index (κ2) is 5.35. The van der Waals surface area contributed by atoms with E-state index in [2.05, 4.69) is 10.3 Å². The molecule has 0 fully saturated rings. The molecule has 102 valence electrons. The van der Waals surface area contributed by atoms with Crippen molar-refractivity contribution in [1.82, 2.24) is 9.40 Å². The molecule has 2 aromatic rings. The molecule has 0 radical (unpaired) electrons. The summed E-state index contributed by atoms with van der Waals surface area (Å²) in [6.45, 7) is 2.03. The normalized spacial score (nSPS) is 18.2. The van der Waals surface area contributed by atoms with Gasteiger partial charge in [0, 0.05) is 23.4 Å². The van der Waals surface area contributed by atoms with Gasteiger partial charge < -0.3 is 5.32 Å². The number of para-hydroxylation sites is 1. The summed E-state index contributed by atoms with van der Waals surface area (Å²) in [4.78, 5) is 4.55. The van der Waals surface area contributed by atoms with Crippen molar-refractivity contribution >= 4 is 40.1 Å². The van der Waals surface area contributed by atoms with E-state index in [-0.39, 0.29) is 6.17 Å². The van der Waals surface area contributed by atoms with Gasteiger partial charge in [-0.2, -0.15) is 0 Å². The van der Waals surface area contributed by atoms with E-state index in [1.807, 2.05) is 55.6 Å². The summed E-state index contributed by atoms with van der Waals surface area (Å²) in [5, 5.41) is 4.93. The lowest BCUT2D eigenvalue weighted by Crippen LogP contribution is -2.31. The minimum Gasteiger partial charge on any atom is -0.346 e. The minimum absolute atomic E-state index is 0.130. The van der Waals surface area contributed by atoms with Gasteiger partial charge in [0.1, 0.15) is 12.0 Å². The molecule has 1 aliphatic rings. The monoisotopic (exact) mass is 305 g/mol. The lowest BCUT2D eigenvalue weighted by molar-refractivity contribution is 0.538. The van der Waals surface area contributed by atoms with Crippen molar-refractivity contribution in [2.75, 3.05) is 5.32 Å². The standard InChI is InChI=1S/C15H13Cl2N3/c1-10-7-8-20(17)14(9-10)18-13-6-5-11-3-2-4-12(16)15(11)19-13/h2-9,14H,1H3,(H,18,19). The van der Waals surface area contributed by atoms with Crippen molar-refractivity contribution in [3.8, 4) is 0 Å². The molecule has 2 heterocycles. The van der Waals surface area contributed by atoms with Crippen LogP contribution in [0.4, 0.5) is 5.82 Å². The van der Waals surface area contributed by atoms with Crippen molar-refractivity contribution < 1.29 is 0 Å². The first-order valence-electron chi connectivity index (χ1n) is 6.26. The average Bonchev–Trinajstić information content (AvgIpc) is 2.44. The predicted molar refractivity (Wildman–Crippen MR) is 84.8 cm³/mol. The molecule has 1 aliphatic heterocycles. The number of benzene rings is 1. The lowest BCUT2D eigenvalue weighted by Gasteiger charge is -2.26. The van der Waals surface area contributed by atoms with Gasteiger partial charge in [0.2, 0.25) is 0 Å². The number of rotatable bonds is 2. The Morgan fingerprint density at radius 1 is 1.25 bits per heavy atom. The minimum atomic E-state index is -0.130. The molecule has 1 aromatic carbocycles. The van der Waals surface area contributed by atoms with Gasteiger partial charge in [0.25, 0.3) is 0 Å². The molecule has 0 saturated carbocycles. The SMILES string of the molecule is CC1=CC(Nc2ccc3cccc(Cl)c3n2)N(Cl)C=C1. The fourth-order valence-corrected chi connectivity index (χ4v) is 2.49. The first-order valence-corrected chi connectivity index (χ1v) is 6.98. The fourth-order valence-electron chi connectivity index (χ4n) is 2.10. The Bertz CT molecular complexity index is 709. The van der Waals surface area contributed by atoms with Crippen molar-refractivity contribution in [3.05, 3.63) is 59.3 Å². The third-order valence-electron chi connectivity index (χ3n) is 3.13. The zero-order valence-electron chi connectivity index (χ0n) is 10.8. The highest BCUT2D eigenvalue weighted by Gasteiger charge is 2.15. The van der Waals surface area contributed by atoms with Crippen molar-refractivity contribution in [2.45, 2.75) is 13.1 Å². The van der Waals surface area contributed by atoms with E-state index in [4.69, 9.17) is 23.4 Å². The highest BCUT2D eigenvalue weighted by Crippen LogP contribution is 2.24. The van der Waals surface area contributed by atoms with Crippen LogP contribution in [0.3, 0.4) is 0 Å². The highest BCUT2D eigenvalue weighted by atomic mass is 35.5. The summed E-state index contributed by atoms with van der Waals surface area (Å²) in [5.74, 6) is 0.737. The highest BCUT2D eigenvalue weighted by molar-refractivity contribution is 6.35. The number of halogens is 2. The van der Waals surface area contributed by atoms with E-state index in [1.54, 1.807) is 4.42 Å². The van der Waals surface area contributed by atoms with E-state index in [1.165, 1.54) is 0 Å². The Morgan fingerprint density at radius 2 is 2.10 bits per heavy atom. The summed E-state index contributed by atoms with van der Waals surface area (Å²) in [7, 11) is 0. The van der Waals surface area contributed by atoms with Crippen LogP contribution in [0.5, 0.6) is 0 Å². The molecule has 1 aromatic heterocycles. The van der Waals surface area contributed by atoms with E-state index < -0.39 is 0 Å². The first-order chi connectivity index (χ1) is 9.63. The zero-order valence-corrected chi connectivity index (χ0v) is 12.4. The molecule has 0 aliphatic carbocycles. The van der Waals surface area contributed by atoms with Gasteiger partial charge in [-0.15, -0.1) is 0 Å². The predicted octanol–water partition coefficient (Wildman–Crippen LogP) is 4.56. The number of pyridine rings is 1. The summed E-state index contributed by atoms with van der Waals surface area (Å²) < 4.78 is 1.57. The summed E-state index contributed by atoms with van der Waals surface area (Å²) >= 11 is 12.3. The van der Waals surface area contributed by atoms with E-state index >= 15 is 0 Å². The van der Waals surface area contributed by atoms with Crippen LogP contribution in [0.25, 0.3) is 10.9 Å². The number of hydrogen-bond acceptors (Lipinski definition) is 3. The number of hydrogen-bond donors (Lipinski definition) is 1. The van der Waals surface area contributed by atoms with Crippen molar-refractivity contribution in [3.63, 3.8) is 0 Å². The van der Waals surface area contributed by atoms with Gasteiger partial charge in [0.05, 0.1) is 10.5 Å². The molecule has 0 amide bonds. The molecule has 3 rings (SSSR count). The number of anilines is 1. The smallest absolute Gasteiger partial charge is 0.135 e. The first kappa shape index (κ1) is 13.3. The molecule has 0 saturated heterocycles. The number of nitrogens with zero attached hydrogens (tertiary/aromatic N) is 2. The molecule has 5 heteroatoms. The van der Waals surface area contributed by atoms with Gasteiger partial charge in [-0.25, -0.2) is 4.98 Å². The van der Waals surface area contributed by atoms with Crippen LogP contribution in [0.2, 0.25) is 5.02 Å². The second-order valence-corrected chi connectivity index (χ2v) is 5.47. The Labute approximate surface area is 127 Å². The third kappa shape index (κ3) is 2.60. The molecule has 3 nitrogen and oxygen atoms in total. The molecule has 1 atom stereocenters. The van der Waals surface area contributed by atoms with Crippen LogP contribution >= 0.6 is 23.4 Å². The van der Waals surface area contributed by atoms with Gasteiger partial charge >= 0.3 is 0 Å². The maximum Gasteiger partial charge on any atom is 0.135 e. The van der Waals surface area contributed by atoms with Crippen molar-refractivity contribution in [1.29, 1.82) is 0 Å². The summed E-state index contributed by atoms with van der Waals surface area (Å²) in [6.07, 6.45) is 5.68. The number of allylic oxidation sites excluding steroid dienone is 2. The van der Waals surface area contributed by atoms with Crippen LogP contribution in [0, 0.1) is 0 Å². The van der Waals surface area contributed by atoms with Gasteiger partial charge in [-0.1, -0.05) is 23.7 Å². The van der Waals surface area contributed by atoms with Crippen LogP contribution in [0.1, 0.15) is 6.92 Å². The van der Waals surface area contributed by atoms with E-state index in [0.29, 0.717) is 5.02 Å². The van der Waals surface area contributed by atoms with Crippen LogP contribution in [-0.2, 0) is 0 Å². The van der Waals surface area contributed by atoms with Gasteiger partial charge in [-0.05, 0) is 42.8 Å². The lowest BCUT2D eigenvalue weighted by atomic mass is 10.2. The molecule has 1 N–H and O–H groups in total. The molecular weight excluding hydrogens is 293 g/mol. The van der Waals surface area contributed by atoms with E-state index in [9.17, 15) is 0 Å². The Balaban J connectivity index is 1.91. The van der Waals surface area contributed by atoms with Gasteiger partial charge in [0.15, 0.2) is 0 Å². The molecule has 20 heavy (non-hydrogen) atoms. The fraction of sp³-hybridized carbons (Fsp3) is 0.133. The molecule has 0 spiro atoms. The summed E-state index contributed by atoms with van der Waals surface area (Å²) in [6, 6.07) is 9.65. The Kier molecular flexibility index (Phi) is 3.55. The average molecular weight is 306 g/mol. The maximum absolute atomic E-state index is 6.17. The van der Waals surface area contributed by atoms with E-state index in [0.717, 1.165) is 22.3 Å². The topological polar surface area (TPSA) is 28.2 Å². The largest absolute Gasteiger partial charge is 0.346 e.